The topological polar surface area (TPSA) is 58.6 Å². The van der Waals surface area contributed by atoms with Gasteiger partial charge in [0.25, 0.3) is 5.91 Å². The van der Waals surface area contributed by atoms with Crippen molar-refractivity contribution < 1.29 is 18.7 Å². The van der Waals surface area contributed by atoms with E-state index in [9.17, 15) is 14.0 Å². The lowest BCUT2D eigenvalue weighted by Gasteiger charge is -2.23. The van der Waals surface area contributed by atoms with Crippen molar-refractivity contribution >= 4 is 17.5 Å². The summed E-state index contributed by atoms with van der Waals surface area (Å²) in [6, 6.07) is 14.6. The van der Waals surface area contributed by atoms with Crippen LogP contribution in [0.4, 0.5) is 10.1 Å². The number of anilines is 1. The number of hydrogen-bond donors (Lipinski definition) is 1. The van der Waals surface area contributed by atoms with E-state index in [1.165, 1.54) is 30.1 Å². The molecule has 5 nitrogen and oxygen atoms in total. The van der Waals surface area contributed by atoms with Gasteiger partial charge in [-0.3, -0.25) is 9.59 Å². The van der Waals surface area contributed by atoms with Gasteiger partial charge in [-0.2, -0.15) is 0 Å². The van der Waals surface area contributed by atoms with Gasteiger partial charge >= 0.3 is 0 Å². The maximum Gasteiger partial charge on any atom is 0.263 e. The van der Waals surface area contributed by atoms with Gasteiger partial charge in [-0.05, 0) is 36.8 Å². The molecule has 132 valence electrons. The van der Waals surface area contributed by atoms with Crippen LogP contribution in [0.25, 0.3) is 0 Å². The van der Waals surface area contributed by atoms with Gasteiger partial charge in [0.1, 0.15) is 11.6 Å². The summed E-state index contributed by atoms with van der Waals surface area (Å²) in [5.74, 6) is -0.540. The minimum Gasteiger partial charge on any atom is -0.481 e. The van der Waals surface area contributed by atoms with Crippen molar-refractivity contribution in [2.24, 2.45) is 0 Å². The molecule has 0 aliphatic heterocycles. The van der Waals surface area contributed by atoms with E-state index in [-0.39, 0.29) is 12.5 Å². The van der Waals surface area contributed by atoms with Gasteiger partial charge in [0.05, 0.1) is 6.54 Å². The maximum absolute atomic E-state index is 13.1. The number of carbonyl (C=O) groups excluding carboxylic acids is 2. The Labute approximate surface area is 146 Å². The first-order chi connectivity index (χ1) is 12.0. The molecule has 0 radical (unpaired) electrons. The Morgan fingerprint density at radius 1 is 1.16 bits per heavy atom. The highest BCUT2D eigenvalue weighted by Gasteiger charge is 2.23. The molecule has 2 rings (SSSR count). The van der Waals surface area contributed by atoms with Crippen LogP contribution in [0.5, 0.6) is 5.75 Å². The van der Waals surface area contributed by atoms with E-state index < -0.39 is 17.8 Å². The van der Waals surface area contributed by atoms with Crippen molar-refractivity contribution in [3.05, 3.63) is 60.4 Å². The molecule has 2 aromatic rings. The van der Waals surface area contributed by atoms with E-state index >= 15 is 0 Å². The summed E-state index contributed by atoms with van der Waals surface area (Å²) >= 11 is 0. The second kappa shape index (κ2) is 8.82. The smallest absolute Gasteiger partial charge is 0.263 e. The third-order valence-corrected chi connectivity index (χ3v) is 3.53. The van der Waals surface area contributed by atoms with Gasteiger partial charge in [0.15, 0.2) is 6.10 Å². The Kier molecular flexibility index (Phi) is 6.51. The van der Waals surface area contributed by atoms with Crippen molar-refractivity contribution in [1.82, 2.24) is 4.90 Å². The van der Waals surface area contributed by atoms with Crippen LogP contribution in [0.2, 0.25) is 0 Å². The molecule has 0 saturated carbocycles. The van der Waals surface area contributed by atoms with Crippen LogP contribution in [0.15, 0.2) is 54.6 Å². The van der Waals surface area contributed by atoms with Crippen LogP contribution in [0.1, 0.15) is 13.3 Å². The number of carbonyl (C=O) groups is 2. The number of ether oxygens (including phenoxy) is 1. The normalized spacial score (nSPS) is 11.5. The fourth-order valence-electron chi connectivity index (χ4n) is 2.28. The Balaban J connectivity index is 1.92. The minimum atomic E-state index is -0.672. The molecule has 0 saturated heterocycles. The lowest BCUT2D eigenvalue weighted by atomic mass is 10.2. The van der Waals surface area contributed by atoms with Crippen LogP contribution in [-0.2, 0) is 9.59 Å². The molecule has 0 aliphatic carbocycles. The molecular weight excluding hydrogens is 323 g/mol. The van der Waals surface area contributed by atoms with E-state index in [1.807, 2.05) is 25.1 Å². The Bertz CT molecular complexity index is 722. The number of hydrogen-bond acceptors (Lipinski definition) is 3. The quantitative estimate of drug-likeness (QED) is 0.840. The van der Waals surface area contributed by atoms with Gasteiger partial charge in [0, 0.05) is 12.7 Å². The molecule has 1 atom stereocenters. The molecule has 0 fully saturated rings. The predicted octanol–water partition coefficient (Wildman–Crippen LogP) is 3.08. The first-order valence-corrected chi connectivity index (χ1v) is 8.01. The fraction of sp³-hybridized carbons (Fsp3) is 0.263. The molecular formula is C19H21FN2O3. The highest BCUT2D eigenvalue weighted by atomic mass is 19.1. The molecule has 1 N–H and O–H groups in total. The maximum atomic E-state index is 13.1. The number of nitrogens with zero attached hydrogens (tertiary/aromatic N) is 1. The third kappa shape index (κ3) is 5.60. The Hall–Kier alpha value is -2.89. The van der Waals surface area contributed by atoms with Gasteiger partial charge in [-0.25, -0.2) is 4.39 Å². The fourth-order valence-corrected chi connectivity index (χ4v) is 2.28. The number of amides is 2. The number of rotatable bonds is 7. The van der Waals surface area contributed by atoms with Crippen molar-refractivity contribution in [3.63, 3.8) is 0 Å². The van der Waals surface area contributed by atoms with E-state index in [1.54, 1.807) is 18.2 Å². The van der Waals surface area contributed by atoms with Crippen molar-refractivity contribution in [2.75, 3.05) is 18.9 Å². The van der Waals surface area contributed by atoms with Crippen molar-refractivity contribution in [2.45, 2.75) is 19.4 Å². The molecule has 2 aromatic carbocycles. The van der Waals surface area contributed by atoms with Crippen LogP contribution in [-0.4, -0.2) is 36.4 Å². The molecule has 0 aliphatic rings. The van der Waals surface area contributed by atoms with Gasteiger partial charge in [-0.15, -0.1) is 0 Å². The summed E-state index contributed by atoms with van der Waals surface area (Å²) in [7, 11) is 1.53. The third-order valence-electron chi connectivity index (χ3n) is 3.53. The number of nitrogens with one attached hydrogen (secondary N) is 1. The molecule has 0 unspecified atom stereocenters. The zero-order valence-corrected chi connectivity index (χ0v) is 14.2. The minimum absolute atomic E-state index is 0.149. The van der Waals surface area contributed by atoms with E-state index in [0.29, 0.717) is 17.9 Å². The second-order valence-electron chi connectivity index (χ2n) is 5.58. The summed E-state index contributed by atoms with van der Waals surface area (Å²) in [5, 5.41) is 2.56. The monoisotopic (exact) mass is 344 g/mol. The number of halogens is 1. The summed E-state index contributed by atoms with van der Waals surface area (Å²) in [6.07, 6.45) is -0.196. The first-order valence-electron chi connectivity index (χ1n) is 8.01. The van der Waals surface area contributed by atoms with Crippen LogP contribution < -0.4 is 10.1 Å². The van der Waals surface area contributed by atoms with Crippen LogP contribution in [0.3, 0.4) is 0 Å². The highest BCUT2D eigenvalue weighted by Crippen LogP contribution is 2.14. The molecule has 0 aromatic heterocycles. The number of benzene rings is 2. The zero-order valence-electron chi connectivity index (χ0n) is 14.2. The Morgan fingerprint density at radius 2 is 1.88 bits per heavy atom. The van der Waals surface area contributed by atoms with Gasteiger partial charge in [-0.1, -0.05) is 31.2 Å². The largest absolute Gasteiger partial charge is 0.481 e. The molecule has 0 spiro atoms. The number of para-hydroxylation sites is 1. The van der Waals surface area contributed by atoms with Gasteiger partial charge in [0.2, 0.25) is 5.91 Å². The standard InChI is InChI=1S/C19H21FN2O3/c1-3-17(25-16-10-5-4-6-11-16)19(24)22(2)13-18(23)21-15-9-7-8-14(20)12-15/h4-12,17H,3,13H2,1-2H3,(H,21,23)/t17-/m0/s1. The predicted molar refractivity (Wildman–Crippen MR) is 93.8 cm³/mol. The summed E-state index contributed by atoms with van der Waals surface area (Å²) in [6.45, 7) is 1.69. The number of likely N-dealkylation sites (N-methyl/N-ethyl adjacent to an activating group) is 1. The SMILES string of the molecule is CC[C@H](Oc1ccccc1)C(=O)N(C)CC(=O)Nc1cccc(F)c1. The lowest BCUT2D eigenvalue weighted by molar-refractivity contribution is -0.139. The van der Waals surface area contributed by atoms with E-state index in [2.05, 4.69) is 5.32 Å². The molecule has 0 bridgehead atoms. The van der Waals surface area contributed by atoms with Crippen LogP contribution in [0, 0.1) is 5.82 Å². The zero-order chi connectivity index (χ0) is 18.2. The summed E-state index contributed by atoms with van der Waals surface area (Å²) in [4.78, 5) is 25.8. The summed E-state index contributed by atoms with van der Waals surface area (Å²) < 4.78 is 18.8. The second-order valence-corrected chi connectivity index (χ2v) is 5.58. The average Bonchev–Trinajstić information content (AvgIpc) is 2.59. The van der Waals surface area contributed by atoms with Crippen molar-refractivity contribution in [3.8, 4) is 5.75 Å². The van der Waals surface area contributed by atoms with Gasteiger partial charge < -0.3 is 15.0 Å². The first kappa shape index (κ1) is 18.4. The van der Waals surface area contributed by atoms with Crippen molar-refractivity contribution in [1.29, 1.82) is 0 Å². The van der Waals surface area contributed by atoms with E-state index in [0.717, 1.165) is 0 Å². The van der Waals surface area contributed by atoms with E-state index in [4.69, 9.17) is 4.74 Å². The molecule has 2 amide bonds. The van der Waals surface area contributed by atoms with Crippen LogP contribution >= 0.6 is 0 Å². The molecule has 25 heavy (non-hydrogen) atoms. The molecule has 6 heteroatoms. The summed E-state index contributed by atoms with van der Waals surface area (Å²) in [5.41, 5.74) is 0.346. The average molecular weight is 344 g/mol. The Morgan fingerprint density at radius 3 is 2.52 bits per heavy atom. The highest BCUT2D eigenvalue weighted by molar-refractivity contribution is 5.95. The lowest BCUT2D eigenvalue weighted by Crippen LogP contribution is -2.43. The molecule has 0 heterocycles.